The Kier molecular flexibility index (Phi) is 9.77. The molecular weight excluding hydrogens is 456 g/mol. The van der Waals surface area contributed by atoms with Crippen molar-refractivity contribution in [1.29, 1.82) is 0 Å². The Hall–Kier alpha value is -2.61. The van der Waals surface area contributed by atoms with Gasteiger partial charge in [0.25, 0.3) is 0 Å². The van der Waals surface area contributed by atoms with Crippen molar-refractivity contribution in [3.63, 3.8) is 0 Å². The Morgan fingerprint density at radius 1 is 1.11 bits per heavy atom. The highest BCUT2D eigenvalue weighted by molar-refractivity contribution is 5.89. The number of para-hydroxylation sites is 1. The molecule has 1 saturated heterocycles. The molecule has 1 aliphatic carbocycles. The average molecular weight is 501 g/mol. The highest BCUT2D eigenvalue weighted by Crippen LogP contribution is 2.31. The molecule has 8 nitrogen and oxygen atoms in total. The van der Waals surface area contributed by atoms with Crippen molar-refractivity contribution < 1.29 is 19.6 Å². The normalized spacial score (nSPS) is 19.0. The monoisotopic (exact) mass is 500 g/mol. The minimum atomic E-state index is -0.678. The molecule has 0 radical (unpaired) electrons. The highest BCUT2D eigenvalue weighted by atomic mass is 16.5. The zero-order valence-electron chi connectivity index (χ0n) is 22.4. The molecule has 8 heteroatoms. The fraction of sp³-hybridized carbons (Fsp3) is 0.679. The van der Waals surface area contributed by atoms with Crippen LogP contribution in [-0.4, -0.2) is 72.2 Å². The van der Waals surface area contributed by atoms with E-state index in [1.807, 2.05) is 43.9 Å². The van der Waals surface area contributed by atoms with Crippen molar-refractivity contribution in [3.05, 3.63) is 30.3 Å². The van der Waals surface area contributed by atoms with Crippen LogP contribution in [0.1, 0.15) is 65.7 Å². The number of rotatable bonds is 10. The van der Waals surface area contributed by atoms with Crippen LogP contribution in [0, 0.1) is 17.3 Å². The summed E-state index contributed by atoms with van der Waals surface area (Å²) in [6.45, 7) is 7.10. The van der Waals surface area contributed by atoms with Gasteiger partial charge in [-0.1, -0.05) is 64.7 Å². The third kappa shape index (κ3) is 7.45. The molecule has 1 aliphatic heterocycles. The maximum atomic E-state index is 13.7. The Bertz CT molecular complexity index is 858. The summed E-state index contributed by atoms with van der Waals surface area (Å²) in [6.07, 6.45) is 7.09. The van der Waals surface area contributed by atoms with Crippen molar-refractivity contribution in [1.82, 2.24) is 15.3 Å². The summed E-state index contributed by atoms with van der Waals surface area (Å²) in [4.78, 5) is 42.2. The van der Waals surface area contributed by atoms with Gasteiger partial charge in [-0.2, -0.15) is 0 Å². The molecule has 0 bridgehead atoms. The molecule has 1 heterocycles. The SMILES string of the molecule is CN(c1ccccc1)C1CCN(C(=O)[C@@H](NC(=O)[C@H](CC2CCCC2)CN(O)C=O)C(C)(C)C)CC1. The van der Waals surface area contributed by atoms with Crippen LogP contribution in [0.25, 0.3) is 0 Å². The molecule has 2 N–H and O–H groups in total. The lowest BCUT2D eigenvalue weighted by Crippen LogP contribution is -2.58. The summed E-state index contributed by atoms with van der Waals surface area (Å²) < 4.78 is 0. The number of hydroxylamine groups is 2. The quantitative estimate of drug-likeness (QED) is 0.290. The molecule has 2 aliphatic rings. The predicted molar refractivity (Wildman–Crippen MR) is 140 cm³/mol. The van der Waals surface area contributed by atoms with Crippen LogP contribution in [0.4, 0.5) is 5.69 Å². The zero-order valence-corrected chi connectivity index (χ0v) is 22.4. The number of hydrogen-bond donors (Lipinski definition) is 2. The Morgan fingerprint density at radius 2 is 1.72 bits per heavy atom. The second-order valence-electron chi connectivity index (χ2n) is 11.6. The summed E-state index contributed by atoms with van der Waals surface area (Å²) >= 11 is 0. The van der Waals surface area contributed by atoms with Crippen LogP contribution in [0.3, 0.4) is 0 Å². The van der Waals surface area contributed by atoms with Crippen molar-refractivity contribution in [3.8, 4) is 0 Å². The number of carbonyl (C=O) groups excluding carboxylic acids is 3. The van der Waals surface area contributed by atoms with Crippen molar-refractivity contribution in [2.75, 3.05) is 31.6 Å². The number of piperidine rings is 1. The van der Waals surface area contributed by atoms with Gasteiger partial charge in [-0.3, -0.25) is 19.6 Å². The number of likely N-dealkylation sites (tertiary alicyclic amines) is 1. The minimum absolute atomic E-state index is 0.0614. The maximum Gasteiger partial charge on any atom is 0.245 e. The smallest absolute Gasteiger partial charge is 0.245 e. The molecule has 1 aromatic carbocycles. The number of carbonyl (C=O) groups is 3. The molecule has 0 spiro atoms. The van der Waals surface area contributed by atoms with E-state index in [0.29, 0.717) is 42.9 Å². The van der Waals surface area contributed by atoms with E-state index in [-0.39, 0.29) is 18.4 Å². The van der Waals surface area contributed by atoms with E-state index in [0.717, 1.165) is 38.5 Å². The Balaban J connectivity index is 1.64. The molecule has 2 fully saturated rings. The standard InChI is InChI=1S/C28H44N4O4/c1-28(2,3)25(29-26(34)22(19-32(36)20-33)18-21-10-8-9-11-21)27(35)31-16-14-24(15-17-31)30(4)23-12-6-5-7-13-23/h5-7,12-13,20-22,24-25,36H,8-11,14-19H2,1-4H3,(H,29,34)/t22-,25-/m1/s1. The van der Waals surface area contributed by atoms with Gasteiger partial charge in [0.15, 0.2) is 0 Å². The number of hydrogen-bond acceptors (Lipinski definition) is 5. The van der Waals surface area contributed by atoms with E-state index in [9.17, 15) is 19.6 Å². The van der Waals surface area contributed by atoms with E-state index >= 15 is 0 Å². The van der Waals surface area contributed by atoms with Crippen molar-refractivity contribution >= 4 is 23.9 Å². The van der Waals surface area contributed by atoms with Gasteiger partial charge in [0.05, 0.1) is 12.5 Å². The van der Waals surface area contributed by atoms with E-state index in [1.165, 1.54) is 5.69 Å². The van der Waals surface area contributed by atoms with Gasteiger partial charge in [-0.25, -0.2) is 5.06 Å². The first-order valence-electron chi connectivity index (χ1n) is 13.4. The van der Waals surface area contributed by atoms with Gasteiger partial charge in [-0.05, 0) is 42.7 Å². The van der Waals surface area contributed by atoms with Crippen LogP contribution < -0.4 is 10.2 Å². The van der Waals surface area contributed by atoms with Gasteiger partial charge in [0.2, 0.25) is 18.2 Å². The maximum absolute atomic E-state index is 13.7. The summed E-state index contributed by atoms with van der Waals surface area (Å²) in [7, 11) is 2.10. The van der Waals surface area contributed by atoms with Gasteiger partial charge >= 0.3 is 0 Å². The fourth-order valence-corrected chi connectivity index (χ4v) is 5.62. The van der Waals surface area contributed by atoms with E-state index < -0.39 is 17.4 Å². The lowest BCUT2D eigenvalue weighted by atomic mass is 9.84. The highest BCUT2D eigenvalue weighted by Gasteiger charge is 2.39. The molecule has 3 rings (SSSR count). The second-order valence-corrected chi connectivity index (χ2v) is 11.6. The lowest BCUT2D eigenvalue weighted by Gasteiger charge is -2.41. The van der Waals surface area contributed by atoms with Gasteiger partial charge in [-0.15, -0.1) is 0 Å². The molecule has 2 atom stereocenters. The molecule has 0 unspecified atom stereocenters. The number of amides is 3. The summed E-state index contributed by atoms with van der Waals surface area (Å²) in [5.41, 5.74) is 0.690. The molecule has 1 saturated carbocycles. The van der Waals surface area contributed by atoms with Crippen molar-refractivity contribution in [2.24, 2.45) is 17.3 Å². The second kappa shape index (κ2) is 12.6. The molecule has 1 aromatic rings. The molecule has 0 aromatic heterocycles. The number of benzene rings is 1. The first-order chi connectivity index (χ1) is 17.1. The average Bonchev–Trinajstić information content (AvgIpc) is 3.39. The molecular formula is C28H44N4O4. The van der Waals surface area contributed by atoms with Crippen LogP contribution in [0.5, 0.6) is 0 Å². The number of nitrogens with one attached hydrogen (secondary N) is 1. The molecule has 3 amide bonds. The van der Waals surface area contributed by atoms with Crippen LogP contribution in [0.2, 0.25) is 0 Å². The van der Waals surface area contributed by atoms with E-state index in [2.05, 4.69) is 29.4 Å². The van der Waals surface area contributed by atoms with Crippen molar-refractivity contribution in [2.45, 2.75) is 77.8 Å². The summed E-state index contributed by atoms with van der Waals surface area (Å²) in [5, 5.41) is 13.4. The van der Waals surface area contributed by atoms with Gasteiger partial charge in [0, 0.05) is 31.9 Å². The Labute approximate surface area is 216 Å². The first-order valence-corrected chi connectivity index (χ1v) is 13.4. The lowest BCUT2D eigenvalue weighted by molar-refractivity contribution is -0.156. The van der Waals surface area contributed by atoms with Gasteiger partial charge in [0.1, 0.15) is 6.04 Å². The minimum Gasteiger partial charge on any atom is -0.371 e. The zero-order chi connectivity index (χ0) is 26.3. The molecule has 36 heavy (non-hydrogen) atoms. The largest absolute Gasteiger partial charge is 0.371 e. The number of nitrogens with zero attached hydrogens (tertiary/aromatic N) is 3. The topological polar surface area (TPSA) is 93.2 Å². The fourth-order valence-electron chi connectivity index (χ4n) is 5.62. The van der Waals surface area contributed by atoms with Crippen LogP contribution in [0.15, 0.2) is 30.3 Å². The van der Waals surface area contributed by atoms with Gasteiger partial charge < -0.3 is 15.1 Å². The third-order valence-corrected chi connectivity index (χ3v) is 7.88. The first kappa shape index (κ1) is 28.0. The molecule has 200 valence electrons. The summed E-state index contributed by atoms with van der Waals surface area (Å²) in [6, 6.07) is 9.95. The van der Waals surface area contributed by atoms with E-state index in [1.54, 1.807) is 0 Å². The predicted octanol–water partition coefficient (Wildman–Crippen LogP) is 3.69. The van der Waals surface area contributed by atoms with Crippen LogP contribution >= 0.6 is 0 Å². The van der Waals surface area contributed by atoms with Crippen LogP contribution in [-0.2, 0) is 14.4 Å². The summed E-state index contributed by atoms with van der Waals surface area (Å²) in [5.74, 6) is -0.473. The van der Waals surface area contributed by atoms with E-state index in [4.69, 9.17) is 0 Å². The number of anilines is 1. The third-order valence-electron chi connectivity index (χ3n) is 7.88. The Morgan fingerprint density at radius 3 is 2.28 bits per heavy atom.